The summed E-state index contributed by atoms with van der Waals surface area (Å²) in [6, 6.07) is 0. The molecule has 2 saturated heterocycles. The lowest BCUT2D eigenvalue weighted by atomic mass is 9.59. The molecule has 1 unspecified atom stereocenters. The van der Waals surface area contributed by atoms with Crippen molar-refractivity contribution >= 4 is 11.9 Å². The molecule has 0 aromatic rings. The zero-order valence-electron chi connectivity index (χ0n) is 12.3. The summed E-state index contributed by atoms with van der Waals surface area (Å²) in [7, 11) is 0. The van der Waals surface area contributed by atoms with Crippen molar-refractivity contribution in [3.05, 3.63) is 0 Å². The van der Waals surface area contributed by atoms with Gasteiger partial charge >= 0.3 is 11.9 Å². The van der Waals surface area contributed by atoms with Crippen LogP contribution in [0.3, 0.4) is 0 Å². The third-order valence-electron chi connectivity index (χ3n) is 5.40. The Morgan fingerprint density at radius 2 is 2.00 bits per heavy atom. The molecule has 0 radical (unpaired) electrons. The monoisotopic (exact) mass is 282 g/mol. The molecule has 112 valence electrons. The quantitative estimate of drug-likeness (QED) is 0.687. The summed E-state index contributed by atoms with van der Waals surface area (Å²) >= 11 is 0. The fourth-order valence-electron chi connectivity index (χ4n) is 4.47. The van der Waals surface area contributed by atoms with Gasteiger partial charge in [-0.15, -0.1) is 0 Å². The lowest BCUT2D eigenvalue weighted by Crippen LogP contribution is -2.65. The Morgan fingerprint density at radius 3 is 2.70 bits per heavy atom. The van der Waals surface area contributed by atoms with E-state index in [2.05, 4.69) is 6.92 Å². The van der Waals surface area contributed by atoms with Crippen LogP contribution in [0.5, 0.6) is 0 Å². The third kappa shape index (κ3) is 1.79. The largest absolute Gasteiger partial charge is 0.422 e. The van der Waals surface area contributed by atoms with Gasteiger partial charge in [0, 0.05) is 25.4 Å². The normalized spacial score (nSPS) is 47.1. The number of esters is 2. The number of hydrogen-bond acceptors (Lipinski definition) is 5. The molecule has 5 nitrogen and oxygen atoms in total. The first kappa shape index (κ1) is 13.9. The van der Waals surface area contributed by atoms with E-state index in [1.54, 1.807) is 0 Å². The average Bonchev–Trinajstić information content (AvgIpc) is 2.82. The summed E-state index contributed by atoms with van der Waals surface area (Å²) in [5.74, 6) is -0.0442. The maximum absolute atomic E-state index is 12.0. The smallest absolute Gasteiger partial charge is 0.312 e. The topological polar surface area (TPSA) is 61.8 Å². The first-order chi connectivity index (χ1) is 9.46. The van der Waals surface area contributed by atoms with Crippen molar-refractivity contribution in [3.8, 4) is 0 Å². The first-order valence-corrected chi connectivity index (χ1v) is 7.48. The van der Waals surface area contributed by atoms with Gasteiger partial charge in [0.2, 0.25) is 0 Å². The molecule has 0 bridgehead atoms. The van der Waals surface area contributed by atoms with Gasteiger partial charge < -0.3 is 14.2 Å². The molecule has 3 fully saturated rings. The molecule has 2 heterocycles. The highest BCUT2D eigenvalue weighted by Crippen LogP contribution is 2.56. The Balaban J connectivity index is 2.01. The van der Waals surface area contributed by atoms with Crippen molar-refractivity contribution in [2.24, 2.45) is 23.7 Å². The number of carbonyl (C=O) groups excluding carboxylic acids is 2. The molecule has 2 aliphatic heterocycles. The zero-order chi connectivity index (χ0) is 14.5. The van der Waals surface area contributed by atoms with Crippen molar-refractivity contribution in [2.75, 3.05) is 6.61 Å². The number of ether oxygens (including phenoxy) is 3. The molecular weight excluding hydrogens is 260 g/mol. The standard InChI is InChI=1S/C15H22O5/c1-8-4-5-12-9(2)13(17)20-14(19-10(3)16)15(12)11(8)6-7-18-15/h8-9,11-12,14H,4-7H2,1-3H3/t8-,9-,11?,12+,14+,15-/m1/s1. The Bertz CT molecular complexity index is 434. The second-order valence-electron chi connectivity index (χ2n) is 6.43. The summed E-state index contributed by atoms with van der Waals surface area (Å²) in [6.07, 6.45) is 2.07. The van der Waals surface area contributed by atoms with E-state index in [1.807, 2.05) is 6.92 Å². The van der Waals surface area contributed by atoms with E-state index >= 15 is 0 Å². The Labute approximate surface area is 118 Å². The van der Waals surface area contributed by atoms with Gasteiger partial charge in [0.05, 0.1) is 5.92 Å². The first-order valence-electron chi connectivity index (χ1n) is 7.48. The van der Waals surface area contributed by atoms with Gasteiger partial charge in [0.15, 0.2) is 0 Å². The summed E-state index contributed by atoms with van der Waals surface area (Å²) < 4.78 is 16.8. The van der Waals surface area contributed by atoms with E-state index in [0.717, 1.165) is 19.3 Å². The molecule has 20 heavy (non-hydrogen) atoms. The minimum absolute atomic E-state index is 0.0804. The van der Waals surface area contributed by atoms with Crippen LogP contribution in [0.2, 0.25) is 0 Å². The molecule has 1 aliphatic carbocycles. The molecule has 0 aromatic carbocycles. The van der Waals surface area contributed by atoms with Gasteiger partial charge in [-0.3, -0.25) is 9.59 Å². The highest BCUT2D eigenvalue weighted by atomic mass is 16.7. The summed E-state index contributed by atoms with van der Waals surface area (Å²) in [5.41, 5.74) is -0.628. The third-order valence-corrected chi connectivity index (χ3v) is 5.40. The van der Waals surface area contributed by atoms with E-state index in [9.17, 15) is 9.59 Å². The fraction of sp³-hybridized carbons (Fsp3) is 0.867. The van der Waals surface area contributed by atoms with Gasteiger partial charge in [-0.25, -0.2) is 0 Å². The number of hydrogen-bond donors (Lipinski definition) is 0. The van der Waals surface area contributed by atoms with Crippen LogP contribution in [-0.4, -0.2) is 30.4 Å². The van der Waals surface area contributed by atoms with E-state index in [-0.39, 0.29) is 17.8 Å². The predicted molar refractivity (Wildman–Crippen MR) is 69.5 cm³/mol. The number of carbonyl (C=O) groups is 2. The number of rotatable bonds is 1. The van der Waals surface area contributed by atoms with Crippen LogP contribution in [0.4, 0.5) is 0 Å². The Kier molecular flexibility index (Phi) is 3.27. The van der Waals surface area contributed by atoms with Crippen LogP contribution < -0.4 is 0 Å². The second-order valence-corrected chi connectivity index (χ2v) is 6.43. The maximum Gasteiger partial charge on any atom is 0.312 e. The SMILES string of the molecule is CC(=O)O[C@H]1OC(=O)[C@H](C)[C@@H]2CC[C@@H](C)C3CCO[C@@]312. The van der Waals surface area contributed by atoms with E-state index in [4.69, 9.17) is 14.2 Å². The molecule has 3 aliphatic rings. The fourth-order valence-corrected chi connectivity index (χ4v) is 4.47. The molecule has 5 heteroatoms. The van der Waals surface area contributed by atoms with Crippen LogP contribution in [-0.2, 0) is 23.8 Å². The molecule has 0 N–H and O–H groups in total. The van der Waals surface area contributed by atoms with Crippen LogP contribution in [0.15, 0.2) is 0 Å². The summed E-state index contributed by atoms with van der Waals surface area (Å²) in [5, 5.41) is 0. The second kappa shape index (κ2) is 4.72. The van der Waals surface area contributed by atoms with Crippen LogP contribution >= 0.6 is 0 Å². The highest BCUT2D eigenvalue weighted by molar-refractivity contribution is 5.74. The van der Waals surface area contributed by atoms with Gasteiger partial charge in [-0.2, -0.15) is 0 Å². The van der Waals surface area contributed by atoms with E-state index in [0.29, 0.717) is 18.4 Å². The van der Waals surface area contributed by atoms with Gasteiger partial charge in [0.25, 0.3) is 6.29 Å². The van der Waals surface area contributed by atoms with Crippen LogP contribution in [0.25, 0.3) is 0 Å². The predicted octanol–water partition coefficient (Wildman–Crippen LogP) is 1.89. The molecule has 1 spiro atoms. The molecule has 0 amide bonds. The Morgan fingerprint density at radius 1 is 1.25 bits per heavy atom. The summed E-state index contributed by atoms with van der Waals surface area (Å²) in [4.78, 5) is 23.4. The molecule has 1 saturated carbocycles. The summed E-state index contributed by atoms with van der Waals surface area (Å²) in [6.45, 7) is 6.10. The lowest BCUT2D eigenvalue weighted by molar-refractivity contribution is -0.291. The van der Waals surface area contributed by atoms with Gasteiger partial charge in [0.1, 0.15) is 5.60 Å². The zero-order valence-corrected chi connectivity index (χ0v) is 12.3. The van der Waals surface area contributed by atoms with E-state index in [1.165, 1.54) is 6.92 Å². The highest BCUT2D eigenvalue weighted by Gasteiger charge is 2.66. The Hall–Kier alpha value is -1.10. The minimum atomic E-state index is -0.885. The van der Waals surface area contributed by atoms with Crippen molar-refractivity contribution in [1.29, 1.82) is 0 Å². The van der Waals surface area contributed by atoms with Crippen LogP contribution in [0, 0.1) is 23.7 Å². The van der Waals surface area contributed by atoms with Crippen LogP contribution in [0.1, 0.15) is 40.0 Å². The maximum atomic E-state index is 12.0. The van der Waals surface area contributed by atoms with Gasteiger partial charge in [-0.05, 0) is 25.2 Å². The van der Waals surface area contributed by atoms with Gasteiger partial charge in [-0.1, -0.05) is 13.8 Å². The van der Waals surface area contributed by atoms with Crippen molar-refractivity contribution in [3.63, 3.8) is 0 Å². The lowest BCUT2D eigenvalue weighted by Gasteiger charge is -2.54. The average molecular weight is 282 g/mol. The minimum Gasteiger partial charge on any atom is -0.422 e. The molecule has 3 rings (SSSR count). The van der Waals surface area contributed by atoms with Crippen molar-refractivity contribution in [2.45, 2.75) is 51.9 Å². The van der Waals surface area contributed by atoms with E-state index < -0.39 is 17.9 Å². The molecular formula is C15H22O5. The molecule has 6 atom stereocenters. The van der Waals surface area contributed by atoms with Crippen molar-refractivity contribution < 1.29 is 23.8 Å². The molecule has 0 aromatic heterocycles. The van der Waals surface area contributed by atoms with Crippen molar-refractivity contribution in [1.82, 2.24) is 0 Å². The number of cyclic esters (lactones) is 1.